The first-order chi connectivity index (χ1) is 8.61. The molecule has 2 heterocycles. The topological polar surface area (TPSA) is 98.1 Å². The summed E-state index contributed by atoms with van der Waals surface area (Å²) in [4.78, 5) is 25.9. The summed E-state index contributed by atoms with van der Waals surface area (Å²) < 4.78 is 9.79. The van der Waals surface area contributed by atoms with E-state index in [1.165, 1.54) is 12.3 Å². The number of nitrogens with zero attached hydrogens (tertiary/aromatic N) is 2. The van der Waals surface area contributed by atoms with Crippen LogP contribution in [0.15, 0.2) is 21.5 Å². The number of nitrogens with one attached hydrogen (secondary N) is 1. The molecule has 0 unspecified atom stereocenters. The number of rotatable bonds is 3. The molecule has 0 saturated heterocycles. The van der Waals surface area contributed by atoms with Gasteiger partial charge in [0.05, 0.1) is 6.61 Å². The standard InChI is InChI=1S/C11H11N3O4/c1-3-17-11(16)10-14-13-9(18-10)7-5-12-6(2)4-8(7)15/h4-5H,3H2,1-2H3,(H,12,15). The molecule has 7 heteroatoms. The van der Waals surface area contributed by atoms with Gasteiger partial charge in [0.1, 0.15) is 5.56 Å². The fourth-order valence-electron chi connectivity index (χ4n) is 1.35. The monoisotopic (exact) mass is 249 g/mol. The number of hydrogen-bond donors (Lipinski definition) is 1. The highest BCUT2D eigenvalue weighted by atomic mass is 16.5. The van der Waals surface area contributed by atoms with Crippen LogP contribution in [0.25, 0.3) is 11.5 Å². The van der Waals surface area contributed by atoms with E-state index < -0.39 is 5.97 Å². The molecule has 0 fully saturated rings. The first-order valence-electron chi connectivity index (χ1n) is 5.32. The van der Waals surface area contributed by atoms with Gasteiger partial charge in [-0.25, -0.2) is 4.79 Å². The maximum Gasteiger partial charge on any atom is 0.396 e. The molecule has 2 aromatic rings. The number of esters is 1. The summed E-state index contributed by atoms with van der Waals surface area (Å²) >= 11 is 0. The van der Waals surface area contributed by atoms with Crippen molar-refractivity contribution < 1.29 is 13.9 Å². The summed E-state index contributed by atoms with van der Waals surface area (Å²) in [5.74, 6) is -0.995. The van der Waals surface area contributed by atoms with E-state index in [1.807, 2.05) is 0 Å². The fraction of sp³-hybridized carbons (Fsp3) is 0.273. The molecule has 0 radical (unpaired) electrons. The Morgan fingerprint density at radius 1 is 1.50 bits per heavy atom. The van der Waals surface area contributed by atoms with Crippen LogP contribution in [-0.4, -0.2) is 27.8 Å². The van der Waals surface area contributed by atoms with Crippen LogP contribution < -0.4 is 5.43 Å². The Labute approximate surface area is 102 Å². The highest BCUT2D eigenvalue weighted by molar-refractivity contribution is 5.84. The third-order valence-electron chi connectivity index (χ3n) is 2.16. The minimum Gasteiger partial charge on any atom is -0.459 e. The second kappa shape index (κ2) is 4.82. The largest absolute Gasteiger partial charge is 0.459 e. The normalized spacial score (nSPS) is 10.3. The lowest BCUT2D eigenvalue weighted by molar-refractivity contribution is 0.0481. The zero-order chi connectivity index (χ0) is 13.1. The summed E-state index contributed by atoms with van der Waals surface area (Å²) in [5.41, 5.74) is 0.669. The van der Waals surface area contributed by atoms with E-state index in [2.05, 4.69) is 15.2 Å². The molecule has 0 aliphatic carbocycles. The van der Waals surface area contributed by atoms with Crippen LogP contribution in [0.3, 0.4) is 0 Å². The molecule has 0 spiro atoms. The van der Waals surface area contributed by atoms with Crippen molar-refractivity contribution in [2.75, 3.05) is 6.61 Å². The van der Waals surface area contributed by atoms with Crippen molar-refractivity contribution in [3.63, 3.8) is 0 Å². The maximum absolute atomic E-state index is 11.7. The number of pyridine rings is 1. The Morgan fingerprint density at radius 2 is 2.28 bits per heavy atom. The van der Waals surface area contributed by atoms with Gasteiger partial charge in [-0.15, -0.1) is 10.2 Å². The van der Waals surface area contributed by atoms with Crippen LogP contribution in [0.5, 0.6) is 0 Å². The number of aryl methyl sites for hydroxylation is 1. The van der Waals surface area contributed by atoms with E-state index in [-0.39, 0.29) is 29.4 Å². The fourth-order valence-corrected chi connectivity index (χ4v) is 1.35. The van der Waals surface area contributed by atoms with Crippen LogP contribution in [0.2, 0.25) is 0 Å². The summed E-state index contributed by atoms with van der Waals surface area (Å²) in [6, 6.07) is 1.41. The van der Waals surface area contributed by atoms with Gasteiger partial charge in [0.25, 0.3) is 5.89 Å². The van der Waals surface area contributed by atoms with Crippen LogP contribution in [0, 0.1) is 6.92 Å². The first kappa shape index (κ1) is 12.0. The summed E-state index contributed by atoms with van der Waals surface area (Å²) in [6.07, 6.45) is 1.46. The van der Waals surface area contributed by atoms with Crippen molar-refractivity contribution in [1.29, 1.82) is 0 Å². The van der Waals surface area contributed by atoms with Gasteiger partial charge >= 0.3 is 11.9 Å². The number of carbonyl (C=O) groups excluding carboxylic acids is 1. The number of aromatic amines is 1. The van der Waals surface area contributed by atoms with Crippen LogP contribution in [0.1, 0.15) is 23.3 Å². The molecule has 2 aromatic heterocycles. The van der Waals surface area contributed by atoms with Crippen molar-refractivity contribution in [3.05, 3.63) is 34.1 Å². The smallest absolute Gasteiger partial charge is 0.396 e. The molecule has 0 aliphatic heterocycles. The third-order valence-corrected chi connectivity index (χ3v) is 2.16. The third kappa shape index (κ3) is 2.29. The molecular weight excluding hydrogens is 238 g/mol. The summed E-state index contributed by atoms with van der Waals surface area (Å²) in [7, 11) is 0. The minimum atomic E-state index is -0.709. The summed E-state index contributed by atoms with van der Waals surface area (Å²) in [6.45, 7) is 3.63. The van der Waals surface area contributed by atoms with Crippen LogP contribution in [-0.2, 0) is 4.74 Å². The zero-order valence-corrected chi connectivity index (χ0v) is 9.89. The lowest BCUT2D eigenvalue weighted by Gasteiger charge is -1.96. The van der Waals surface area contributed by atoms with E-state index in [9.17, 15) is 9.59 Å². The lowest BCUT2D eigenvalue weighted by Crippen LogP contribution is -2.05. The van der Waals surface area contributed by atoms with E-state index in [0.29, 0.717) is 5.69 Å². The number of hydrogen-bond acceptors (Lipinski definition) is 6. The maximum atomic E-state index is 11.7. The molecule has 94 valence electrons. The Bertz CT molecular complexity index is 629. The molecule has 1 N–H and O–H groups in total. The van der Waals surface area contributed by atoms with Gasteiger partial charge in [0.15, 0.2) is 5.43 Å². The van der Waals surface area contributed by atoms with Crippen molar-refractivity contribution in [3.8, 4) is 11.5 Å². The van der Waals surface area contributed by atoms with Gasteiger partial charge in [-0.2, -0.15) is 0 Å². The number of carbonyl (C=O) groups is 1. The number of ether oxygens (including phenoxy) is 1. The highest BCUT2D eigenvalue weighted by Crippen LogP contribution is 2.13. The predicted molar refractivity (Wildman–Crippen MR) is 61.0 cm³/mol. The molecule has 2 rings (SSSR count). The van der Waals surface area contributed by atoms with E-state index in [0.717, 1.165) is 0 Å². The molecule has 0 bridgehead atoms. The Morgan fingerprint density at radius 3 is 2.94 bits per heavy atom. The van der Waals surface area contributed by atoms with Gasteiger partial charge < -0.3 is 14.1 Å². The Hall–Kier alpha value is -2.44. The van der Waals surface area contributed by atoms with Crippen LogP contribution in [0.4, 0.5) is 0 Å². The van der Waals surface area contributed by atoms with E-state index in [4.69, 9.17) is 9.15 Å². The van der Waals surface area contributed by atoms with E-state index >= 15 is 0 Å². The molecule has 0 atom stereocenters. The van der Waals surface area contributed by atoms with Crippen molar-refractivity contribution >= 4 is 5.97 Å². The van der Waals surface area contributed by atoms with Crippen molar-refractivity contribution in [1.82, 2.24) is 15.2 Å². The van der Waals surface area contributed by atoms with Gasteiger partial charge in [-0.3, -0.25) is 4.79 Å². The zero-order valence-electron chi connectivity index (χ0n) is 9.89. The van der Waals surface area contributed by atoms with E-state index in [1.54, 1.807) is 13.8 Å². The average Bonchev–Trinajstić information content (AvgIpc) is 2.78. The van der Waals surface area contributed by atoms with Gasteiger partial charge in [-0.05, 0) is 13.8 Å². The SMILES string of the molecule is CCOC(=O)c1nnc(-c2c[nH]c(C)cc2=O)o1. The van der Waals surface area contributed by atoms with Crippen molar-refractivity contribution in [2.45, 2.75) is 13.8 Å². The number of H-pyrrole nitrogens is 1. The average molecular weight is 249 g/mol. The second-order valence-electron chi connectivity index (χ2n) is 3.53. The Kier molecular flexibility index (Phi) is 3.22. The molecule has 0 saturated carbocycles. The van der Waals surface area contributed by atoms with Gasteiger partial charge in [0, 0.05) is 18.0 Å². The molecular formula is C11H11N3O4. The lowest BCUT2D eigenvalue weighted by atomic mass is 10.2. The second-order valence-corrected chi connectivity index (χ2v) is 3.53. The summed E-state index contributed by atoms with van der Waals surface area (Å²) in [5, 5.41) is 7.17. The minimum absolute atomic E-state index is 0.0145. The predicted octanol–water partition coefficient (Wildman–Crippen LogP) is 0.910. The quantitative estimate of drug-likeness (QED) is 0.812. The number of aromatic nitrogens is 3. The van der Waals surface area contributed by atoms with Gasteiger partial charge in [-0.1, -0.05) is 0 Å². The van der Waals surface area contributed by atoms with Gasteiger partial charge in [0.2, 0.25) is 0 Å². The molecule has 7 nitrogen and oxygen atoms in total. The molecule has 0 aromatic carbocycles. The highest BCUT2D eigenvalue weighted by Gasteiger charge is 2.18. The van der Waals surface area contributed by atoms with Crippen LogP contribution >= 0.6 is 0 Å². The Balaban J connectivity index is 2.35. The van der Waals surface area contributed by atoms with Crippen molar-refractivity contribution in [2.24, 2.45) is 0 Å². The molecule has 18 heavy (non-hydrogen) atoms. The molecule has 0 amide bonds. The first-order valence-corrected chi connectivity index (χ1v) is 5.32. The molecule has 0 aliphatic rings.